The number of rotatable bonds is 6. The molecule has 0 N–H and O–H groups in total. The SMILES string of the molecule is COc1cc(/C=C(/C#N)c2ccc(I)cc2)cc(Br)c1OCc1ccccc1. The minimum absolute atomic E-state index is 0.442. The standard InChI is InChI=1S/C23H17BrINO2/c1-27-22-13-17(11-19(14-26)18-7-9-20(25)10-8-18)12-21(24)23(22)28-15-16-5-3-2-4-6-16/h2-13H,15H2,1H3/b19-11-. The van der Waals surface area contributed by atoms with Gasteiger partial charge in [-0.05, 0) is 85.6 Å². The van der Waals surface area contributed by atoms with Gasteiger partial charge in [-0.1, -0.05) is 42.5 Å². The summed E-state index contributed by atoms with van der Waals surface area (Å²) < 4.78 is 13.4. The first kappa shape index (κ1) is 20.4. The topological polar surface area (TPSA) is 42.2 Å². The van der Waals surface area contributed by atoms with Gasteiger partial charge in [-0.2, -0.15) is 5.26 Å². The predicted molar refractivity (Wildman–Crippen MR) is 124 cm³/mol. The van der Waals surface area contributed by atoms with Gasteiger partial charge in [0.05, 0.1) is 23.2 Å². The van der Waals surface area contributed by atoms with Gasteiger partial charge >= 0.3 is 0 Å². The minimum Gasteiger partial charge on any atom is -0.493 e. The van der Waals surface area contributed by atoms with E-state index in [9.17, 15) is 5.26 Å². The summed E-state index contributed by atoms with van der Waals surface area (Å²) in [6.07, 6.45) is 1.84. The minimum atomic E-state index is 0.442. The molecule has 0 heterocycles. The Hall–Kier alpha value is -2.30. The number of benzene rings is 3. The summed E-state index contributed by atoms with van der Waals surface area (Å²) in [7, 11) is 1.61. The van der Waals surface area contributed by atoms with Crippen molar-refractivity contribution < 1.29 is 9.47 Å². The van der Waals surface area contributed by atoms with Crippen molar-refractivity contribution in [1.82, 2.24) is 0 Å². The molecule has 3 rings (SSSR count). The Morgan fingerprint density at radius 3 is 2.46 bits per heavy atom. The van der Waals surface area contributed by atoms with Crippen LogP contribution in [0.5, 0.6) is 11.5 Å². The van der Waals surface area contributed by atoms with Crippen molar-refractivity contribution in [2.24, 2.45) is 0 Å². The monoisotopic (exact) mass is 545 g/mol. The van der Waals surface area contributed by atoms with Crippen LogP contribution < -0.4 is 9.47 Å². The average molecular weight is 546 g/mol. The molecule has 0 saturated carbocycles. The molecule has 0 radical (unpaired) electrons. The van der Waals surface area contributed by atoms with Crippen molar-refractivity contribution in [3.8, 4) is 17.6 Å². The lowest BCUT2D eigenvalue weighted by Gasteiger charge is -2.14. The Labute approximate surface area is 186 Å². The number of hydrogen-bond acceptors (Lipinski definition) is 3. The number of ether oxygens (including phenoxy) is 2. The lowest BCUT2D eigenvalue weighted by molar-refractivity contribution is 0.282. The van der Waals surface area contributed by atoms with Crippen molar-refractivity contribution in [1.29, 1.82) is 5.26 Å². The fourth-order valence-corrected chi connectivity index (χ4v) is 3.60. The zero-order valence-electron chi connectivity index (χ0n) is 15.2. The van der Waals surface area contributed by atoms with Crippen LogP contribution in [0.3, 0.4) is 0 Å². The molecule has 0 aliphatic heterocycles. The van der Waals surface area contributed by atoms with Crippen LogP contribution in [0.2, 0.25) is 0 Å². The first-order valence-electron chi connectivity index (χ1n) is 8.52. The van der Waals surface area contributed by atoms with E-state index in [0.29, 0.717) is 23.7 Å². The Balaban J connectivity index is 1.89. The normalized spacial score (nSPS) is 11.0. The molecule has 28 heavy (non-hydrogen) atoms. The van der Waals surface area contributed by atoms with E-state index in [2.05, 4.69) is 44.6 Å². The summed E-state index contributed by atoms with van der Waals surface area (Å²) >= 11 is 5.82. The summed E-state index contributed by atoms with van der Waals surface area (Å²) in [5.41, 5.74) is 3.39. The third-order valence-corrected chi connectivity index (χ3v) is 5.37. The second-order valence-electron chi connectivity index (χ2n) is 5.99. The number of nitrogens with zero attached hydrogens (tertiary/aromatic N) is 1. The highest BCUT2D eigenvalue weighted by molar-refractivity contribution is 14.1. The van der Waals surface area contributed by atoms with Crippen molar-refractivity contribution in [2.75, 3.05) is 7.11 Å². The number of hydrogen-bond donors (Lipinski definition) is 0. The van der Waals surface area contributed by atoms with Crippen LogP contribution in [-0.4, -0.2) is 7.11 Å². The van der Waals surface area contributed by atoms with Gasteiger partial charge in [0, 0.05) is 3.57 Å². The summed E-state index contributed by atoms with van der Waals surface area (Å²) in [4.78, 5) is 0. The Kier molecular flexibility index (Phi) is 7.12. The Morgan fingerprint density at radius 1 is 1.11 bits per heavy atom. The van der Waals surface area contributed by atoms with E-state index < -0.39 is 0 Å². The van der Waals surface area contributed by atoms with Crippen LogP contribution in [-0.2, 0) is 6.61 Å². The van der Waals surface area contributed by atoms with E-state index in [4.69, 9.17) is 9.47 Å². The van der Waals surface area contributed by atoms with E-state index >= 15 is 0 Å². The maximum atomic E-state index is 9.58. The lowest BCUT2D eigenvalue weighted by Crippen LogP contribution is -1.99. The van der Waals surface area contributed by atoms with E-state index in [1.807, 2.05) is 72.8 Å². The average Bonchev–Trinajstić information content (AvgIpc) is 2.72. The maximum absolute atomic E-state index is 9.58. The molecule has 0 fully saturated rings. The third-order valence-electron chi connectivity index (χ3n) is 4.06. The zero-order valence-corrected chi connectivity index (χ0v) is 18.9. The predicted octanol–water partition coefficient (Wildman–Crippen LogP) is 6.71. The molecular formula is C23H17BrINO2. The highest BCUT2D eigenvalue weighted by Gasteiger charge is 2.12. The Morgan fingerprint density at radius 2 is 1.82 bits per heavy atom. The van der Waals surface area contributed by atoms with Crippen molar-refractivity contribution in [3.63, 3.8) is 0 Å². The first-order valence-corrected chi connectivity index (χ1v) is 10.4. The van der Waals surface area contributed by atoms with Gasteiger partial charge in [0.25, 0.3) is 0 Å². The van der Waals surface area contributed by atoms with Crippen LogP contribution in [0, 0.1) is 14.9 Å². The van der Waals surface area contributed by atoms with Crippen molar-refractivity contribution in [3.05, 3.63) is 91.5 Å². The molecule has 3 aromatic carbocycles. The number of halogens is 2. The van der Waals surface area contributed by atoms with Gasteiger partial charge in [0.15, 0.2) is 11.5 Å². The van der Waals surface area contributed by atoms with Gasteiger partial charge in [-0.25, -0.2) is 0 Å². The van der Waals surface area contributed by atoms with Crippen molar-refractivity contribution >= 4 is 50.2 Å². The molecule has 0 spiro atoms. The second-order valence-corrected chi connectivity index (χ2v) is 8.09. The highest BCUT2D eigenvalue weighted by Crippen LogP contribution is 2.38. The van der Waals surface area contributed by atoms with Gasteiger partial charge in [0.2, 0.25) is 0 Å². The molecule has 0 amide bonds. The van der Waals surface area contributed by atoms with Gasteiger partial charge in [-0.3, -0.25) is 0 Å². The van der Waals surface area contributed by atoms with Gasteiger partial charge in [0.1, 0.15) is 6.61 Å². The van der Waals surface area contributed by atoms with Crippen LogP contribution in [0.4, 0.5) is 0 Å². The summed E-state index contributed by atoms with van der Waals surface area (Å²) in [6, 6.07) is 23.9. The maximum Gasteiger partial charge on any atom is 0.175 e. The summed E-state index contributed by atoms with van der Waals surface area (Å²) in [5, 5.41) is 9.58. The first-order chi connectivity index (χ1) is 13.6. The van der Waals surface area contributed by atoms with Crippen molar-refractivity contribution in [2.45, 2.75) is 6.61 Å². The smallest absolute Gasteiger partial charge is 0.175 e. The van der Waals surface area contributed by atoms with Crippen LogP contribution in [0.25, 0.3) is 11.6 Å². The molecular weight excluding hydrogens is 529 g/mol. The second kappa shape index (κ2) is 9.76. The van der Waals surface area contributed by atoms with E-state index in [0.717, 1.165) is 24.7 Å². The van der Waals surface area contributed by atoms with E-state index in [1.54, 1.807) is 7.11 Å². The zero-order chi connectivity index (χ0) is 19.9. The van der Waals surface area contributed by atoms with Crippen LogP contribution >= 0.6 is 38.5 Å². The summed E-state index contributed by atoms with van der Waals surface area (Å²) in [6.45, 7) is 0.442. The molecule has 0 bridgehead atoms. The number of methoxy groups -OCH3 is 1. The molecule has 0 aromatic heterocycles. The van der Waals surface area contributed by atoms with E-state index in [1.165, 1.54) is 0 Å². The fourth-order valence-electron chi connectivity index (χ4n) is 2.67. The quantitative estimate of drug-likeness (QED) is 0.196. The molecule has 0 aliphatic carbocycles. The third kappa shape index (κ3) is 5.15. The molecule has 0 aliphatic rings. The van der Waals surface area contributed by atoms with Gasteiger partial charge in [-0.15, -0.1) is 0 Å². The molecule has 140 valence electrons. The largest absolute Gasteiger partial charge is 0.493 e. The van der Waals surface area contributed by atoms with Gasteiger partial charge < -0.3 is 9.47 Å². The number of nitriles is 1. The fraction of sp³-hybridized carbons (Fsp3) is 0.0870. The highest BCUT2D eigenvalue weighted by atomic mass is 127. The molecule has 0 unspecified atom stereocenters. The number of allylic oxidation sites excluding steroid dienone is 1. The molecule has 3 aromatic rings. The summed E-state index contributed by atoms with van der Waals surface area (Å²) in [5.74, 6) is 1.24. The molecule has 3 nitrogen and oxygen atoms in total. The lowest BCUT2D eigenvalue weighted by atomic mass is 10.0. The molecule has 5 heteroatoms. The molecule has 0 saturated heterocycles. The Bertz CT molecular complexity index is 1020. The van der Waals surface area contributed by atoms with Crippen LogP contribution in [0.15, 0.2) is 71.2 Å². The van der Waals surface area contributed by atoms with E-state index in [-0.39, 0.29) is 0 Å². The molecule has 0 atom stereocenters. The van der Waals surface area contributed by atoms with Crippen LogP contribution in [0.1, 0.15) is 16.7 Å².